The molecule has 3 aromatic rings. The summed E-state index contributed by atoms with van der Waals surface area (Å²) in [5.41, 5.74) is 1.66. The van der Waals surface area contributed by atoms with Gasteiger partial charge in [-0.25, -0.2) is 4.68 Å². The van der Waals surface area contributed by atoms with Crippen molar-refractivity contribution in [3.63, 3.8) is 0 Å². The quantitative estimate of drug-likeness (QED) is 0.490. The minimum Gasteiger partial charge on any atom is -0.352 e. The first kappa shape index (κ1) is 17.9. The molecule has 27 heavy (non-hydrogen) atoms. The van der Waals surface area contributed by atoms with Crippen molar-refractivity contribution in [3.8, 4) is 11.4 Å². The summed E-state index contributed by atoms with van der Waals surface area (Å²) >= 11 is 7.34. The summed E-state index contributed by atoms with van der Waals surface area (Å²) < 4.78 is 1.40. The van der Waals surface area contributed by atoms with Gasteiger partial charge in [-0.1, -0.05) is 65.8 Å². The lowest BCUT2D eigenvalue weighted by molar-refractivity contribution is -0.120. The largest absolute Gasteiger partial charge is 0.352 e. The van der Waals surface area contributed by atoms with E-state index in [1.807, 2.05) is 42.5 Å². The Morgan fingerprint density at radius 1 is 1.19 bits per heavy atom. The van der Waals surface area contributed by atoms with Gasteiger partial charge in [-0.05, 0) is 30.5 Å². The number of thioether (sulfide) groups is 1. The van der Waals surface area contributed by atoms with Crippen molar-refractivity contribution in [1.82, 2.24) is 20.2 Å². The number of carbonyl (C=O) groups excluding carboxylic acids is 1. The van der Waals surface area contributed by atoms with Gasteiger partial charge in [-0.15, -0.1) is 10.2 Å². The third kappa shape index (κ3) is 4.09. The maximum Gasteiger partial charge on any atom is 0.238 e. The molecule has 8 heteroatoms. The molecular weight excluding hydrogens is 382 g/mol. The number of nitrogens with zero attached hydrogens (tertiary/aromatic N) is 3. The fourth-order valence-electron chi connectivity index (χ4n) is 2.69. The molecule has 2 aromatic carbocycles. The molecule has 0 spiro atoms. The summed E-state index contributed by atoms with van der Waals surface area (Å²) in [5, 5.41) is 12.0. The van der Waals surface area contributed by atoms with Crippen LogP contribution in [0.2, 0.25) is 5.02 Å². The Labute approximate surface area is 166 Å². The number of hydrogen-bond acceptors (Lipinski definition) is 5. The lowest BCUT2D eigenvalue weighted by atomic mass is 10.1. The van der Waals surface area contributed by atoms with Crippen LogP contribution < -0.4 is 11.2 Å². The van der Waals surface area contributed by atoms with Crippen LogP contribution in [0.1, 0.15) is 23.7 Å². The highest BCUT2D eigenvalue weighted by Gasteiger charge is 2.30. The molecule has 6 nitrogen and oxygen atoms in total. The molecule has 1 atom stereocenters. The minimum atomic E-state index is -0.453. The maximum atomic E-state index is 12.8. The molecule has 1 aliphatic carbocycles. The standard InChI is InChI=1S/C19H18ClN5OS/c20-14-8-4-7-13(11-14)17-23-24-19(25(17)21)27-16(12-5-2-1-3-6-12)18(26)22-15-9-10-15/h1-8,11,15-16H,9-10,21H2,(H,22,26). The van der Waals surface area contributed by atoms with E-state index < -0.39 is 5.25 Å². The number of carbonyl (C=O) groups is 1. The first-order valence-electron chi connectivity index (χ1n) is 8.60. The van der Waals surface area contributed by atoms with Crippen molar-refractivity contribution in [3.05, 3.63) is 65.2 Å². The Balaban J connectivity index is 1.62. The summed E-state index contributed by atoms with van der Waals surface area (Å²) in [4.78, 5) is 12.8. The SMILES string of the molecule is Nn1c(SC(C(=O)NC2CC2)c2ccccc2)nnc1-c1cccc(Cl)c1. The monoisotopic (exact) mass is 399 g/mol. The van der Waals surface area contributed by atoms with Crippen LogP contribution in [0.25, 0.3) is 11.4 Å². The minimum absolute atomic E-state index is 0.0407. The molecule has 1 aliphatic rings. The lowest BCUT2D eigenvalue weighted by Crippen LogP contribution is -2.30. The van der Waals surface area contributed by atoms with Crippen molar-refractivity contribution in [1.29, 1.82) is 0 Å². The number of nitrogens with one attached hydrogen (secondary N) is 1. The fraction of sp³-hybridized carbons (Fsp3) is 0.211. The van der Waals surface area contributed by atoms with Gasteiger partial charge in [0.05, 0.1) is 0 Å². The molecule has 1 saturated carbocycles. The second kappa shape index (κ2) is 7.62. The molecule has 1 amide bonds. The zero-order chi connectivity index (χ0) is 18.8. The first-order valence-corrected chi connectivity index (χ1v) is 9.86. The van der Waals surface area contributed by atoms with Crippen LogP contribution in [-0.2, 0) is 4.79 Å². The van der Waals surface area contributed by atoms with E-state index in [2.05, 4.69) is 15.5 Å². The molecule has 1 fully saturated rings. The van der Waals surface area contributed by atoms with Crippen LogP contribution in [-0.4, -0.2) is 26.8 Å². The van der Waals surface area contributed by atoms with Gasteiger partial charge in [-0.3, -0.25) is 4.79 Å². The summed E-state index contributed by atoms with van der Waals surface area (Å²) in [5.74, 6) is 6.68. The summed E-state index contributed by atoms with van der Waals surface area (Å²) in [6.45, 7) is 0. The van der Waals surface area contributed by atoms with Crippen molar-refractivity contribution in [2.24, 2.45) is 0 Å². The number of rotatable bonds is 6. The first-order chi connectivity index (χ1) is 13.1. The number of halogens is 1. The number of nitrogens with two attached hydrogens (primary N) is 1. The van der Waals surface area contributed by atoms with Gasteiger partial charge < -0.3 is 11.2 Å². The molecule has 3 N–H and O–H groups in total. The molecule has 0 radical (unpaired) electrons. The number of aromatic nitrogens is 3. The summed E-state index contributed by atoms with van der Waals surface area (Å²) in [7, 11) is 0. The van der Waals surface area contributed by atoms with Crippen molar-refractivity contribution < 1.29 is 4.79 Å². The van der Waals surface area contributed by atoms with Crippen molar-refractivity contribution >= 4 is 29.3 Å². The Kier molecular flexibility index (Phi) is 5.05. The van der Waals surface area contributed by atoms with E-state index in [0.717, 1.165) is 24.0 Å². The third-order valence-electron chi connectivity index (χ3n) is 4.23. The predicted molar refractivity (Wildman–Crippen MR) is 107 cm³/mol. The highest BCUT2D eigenvalue weighted by molar-refractivity contribution is 8.00. The zero-order valence-corrected chi connectivity index (χ0v) is 16.0. The molecular formula is C19H18ClN5OS. The van der Waals surface area contributed by atoms with E-state index >= 15 is 0 Å². The highest BCUT2D eigenvalue weighted by atomic mass is 35.5. The average Bonchev–Trinajstić information content (AvgIpc) is 3.41. The van der Waals surface area contributed by atoms with Crippen LogP contribution in [0.3, 0.4) is 0 Å². The molecule has 0 aliphatic heterocycles. The molecule has 0 bridgehead atoms. The number of benzene rings is 2. The van der Waals surface area contributed by atoms with Gasteiger partial charge in [0.25, 0.3) is 0 Å². The van der Waals surface area contributed by atoms with Crippen molar-refractivity contribution in [2.45, 2.75) is 29.3 Å². The molecule has 1 aromatic heterocycles. The Bertz CT molecular complexity index is 958. The van der Waals surface area contributed by atoms with Crippen LogP contribution in [0.15, 0.2) is 59.8 Å². The Hall–Kier alpha value is -2.51. The molecule has 1 heterocycles. The van der Waals surface area contributed by atoms with E-state index in [-0.39, 0.29) is 11.9 Å². The molecule has 1 unspecified atom stereocenters. The van der Waals surface area contributed by atoms with E-state index in [0.29, 0.717) is 16.0 Å². The molecule has 0 saturated heterocycles. The van der Waals surface area contributed by atoms with Gasteiger partial charge in [0, 0.05) is 16.6 Å². The zero-order valence-electron chi connectivity index (χ0n) is 14.4. The third-order valence-corrected chi connectivity index (χ3v) is 5.68. The van der Waals surface area contributed by atoms with Gasteiger partial charge in [-0.2, -0.15) is 0 Å². The van der Waals surface area contributed by atoms with Crippen LogP contribution in [0.4, 0.5) is 0 Å². The topological polar surface area (TPSA) is 85.8 Å². The van der Waals surface area contributed by atoms with E-state index in [1.165, 1.54) is 16.4 Å². The van der Waals surface area contributed by atoms with Gasteiger partial charge in [0.15, 0.2) is 5.82 Å². The Morgan fingerprint density at radius 3 is 2.67 bits per heavy atom. The smallest absolute Gasteiger partial charge is 0.238 e. The number of amides is 1. The Morgan fingerprint density at radius 2 is 1.96 bits per heavy atom. The second-order valence-electron chi connectivity index (χ2n) is 6.38. The average molecular weight is 400 g/mol. The summed E-state index contributed by atoms with van der Waals surface area (Å²) in [6, 6.07) is 17.1. The van der Waals surface area contributed by atoms with Gasteiger partial charge >= 0.3 is 0 Å². The van der Waals surface area contributed by atoms with Crippen molar-refractivity contribution in [2.75, 3.05) is 5.84 Å². The number of hydrogen-bond donors (Lipinski definition) is 2. The maximum absolute atomic E-state index is 12.8. The van der Waals surface area contributed by atoms with Crippen LogP contribution in [0, 0.1) is 0 Å². The normalized spacial score (nSPS) is 14.7. The lowest BCUT2D eigenvalue weighted by Gasteiger charge is -2.16. The second-order valence-corrected chi connectivity index (χ2v) is 7.89. The predicted octanol–water partition coefficient (Wildman–Crippen LogP) is 3.42. The van der Waals surface area contributed by atoms with E-state index in [4.69, 9.17) is 17.4 Å². The van der Waals surface area contributed by atoms with E-state index in [1.54, 1.807) is 12.1 Å². The van der Waals surface area contributed by atoms with Crippen LogP contribution in [0.5, 0.6) is 0 Å². The van der Waals surface area contributed by atoms with Crippen LogP contribution >= 0.6 is 23.4 Å². The highest BCUT2D eigenvalue weighted by Crippen LogP contribution is 2.36. The molecule has 4 rings (SSSR count). The summed E-state index contributed by atoms with van der Waals surface area (Å²) in [6.07, 6.45) is 2.06. The molecule has 138 valence electrons. The van der Waals surface area contributed by atoms with E-state index in [9.17, 15) is 4.79 Å². The van der Waals surface area contributed by atoms with Gasteiger partial charge in [0.2, 0.25) is 11.1 Å². The number of nitrogen functional groups attached to an aromatic ring is 1. The fourth-order valence-corrected chi connectivity index (χ4v) is 3.85. The van der Waals surface area contributed by atoms with Gasteiger partial charge in [0.1, 0.15) is 5.25 Å².